The summed E-state index contributed by atoms with van der Waals surface area (Å²) in [5.41, 5.74) is 1.07. The number of thiazole rings is 1. The van der Waals surface area contributed by atoms with E-state index in [1.165, 1.54) is 12.8 Å². The molecule has 20 heavy (non-hydrogen) atoms. The molecule has 2 fully saturated rings. The van der Waals surface area contributed by atoms with E-state index < -0.39 is 0 Å². The van der Waals surface area contributed by atoms with Crippen molar-refractivity contribution in [2.45, 2.75) is 38.2 Å². The van der Waals surface area contributed by atoms with Crippen LogP contribution in [0.4, 0.5) is 5.13 Å². The second-order valence-electron chi connectivity index (χ2n) is 5.36. The molecule has 1 unspecified atom stereocenters. The SMILES string of the molecule is O=C(NCCc1csc(N2CCCC2)n1)C1CCCO1. The van der Waals surface area contributed by atoms with Gasteiger partial charge < -0.3 is 15.0 Å². The fourth-order valence-electron chi connectivity index (χ4n) is 2.68. The minimum Gasteiger partial charge on any atom is -0.368 e. The normalized spacial score (nSPS) is 22.4. The maximum atomic E-state index is 11.8. The summed E-state index contributed by atoms with van der Waals surface area (Å²) in [5.74, 6) is 0.0255. The topological polar surface area (TPSA) is 54.5 Å². The quantitative estimate of drug-likeness (QED) is 0.896. The van der Waals surface area contributed by atoms with Crippen molar-refractivity contribution in [1.82, 2.24) is 10.3 Å². The zero-order valence-electron chi connectivity index (χ0n) is 11.6. The summed E-state index contributed by atoms with van der Waals surface area (Å²) in [6.45, 7) is 3.61. The Balaban J connectivity index is 1.43. The molecule has 1 amide bonds. The Morgan fingerprint density at radius 1 is 1.45 bits per heavy atom. The van der Waals surface area contributed by atoms with E-state index in [1.807, 2.05) is 0 Å². The van der Waals surface area contributed by atoms with Gasteiger partial charge in [0, 0.05) is 38.0 Å². The molecule has 5 nitrogen and oxygen atoms in total. The first kappa shape index (κ1) is 13.8. The van der Waals surface area contributed by atoms with Gasteiger partial charge >= 0.3 is 0 Å². The molecule has 0 aromatic carbocycles. The van der Waals surface area contributed by atoms with E-state index in [9.17, 15) is 4.79 Å². The molecule has 0 aliphatic carbocycles. The highest BCUT2D eigenvalue weighted by molar-refractivity contribution is 7.13. The van der Waals surface area contributed by atoms with Crippen molar-refractivity contribution >= 4 is 22.4 Å². The first-order valence-corrected chi connectivity index (χ1v) is 8.29. The van der Waals surface area contributed by atoms with Crippen LogP contribution in [0.3, 0.4) is 0 Å². The number of hydrogen-bond donors (Lipinski definition) is 1. The van der Waals surface area contributed by atoms with Crippen LogP contribution in [0.5, 0.6) is 0 Å². The number of carbonyl (C=O) groups is 1. The maximum Gasteiger partial charge on any atom is 0.249 e. The van der Waals surface area contributed by atoms with E-state index in [0.29, 0.717) is 13.2 Å². The Morgan fingerprint density at radius 2 is 2.30 bits per heavy atom. The fourth-order valence-corrected chi connectivity index (χ4v) is 3.59. The fraction of sp³-hybridized carbons (Fsp3) is 0.714. The average Bonchev–Trinajstić information content (AvgIpc) is 3.20. The van der Waals surface area contributed by atoms with Gasteiger partial charge in [0.15, 0.2) is 5.13 Å². The van der Waals surface area contributed by atoms with E-state index in [2.05, 4.69) is 20.6 Å². The predicted octanol–water partition coefficient (Wildman–Crippen LogP) is 1.58. The molecule has 1 N–H and O–H groups in total. The number of carbonyl (C=O) groups excluding carboxylic acids is 1. The second-order valence-corrected chi connectivity index (χ2v) is 6.19. The van der Waals surface area contributed by atoms with Gasteiger partial charge in [0.25, 0.3) is 0 Å². The van der Waals surface area contributed by atoms with Crippen molar-refractivity contribution in [3.8, 4) is 0 Å². The Morgan fingerprint density at radius 3 is 3.05 bits per heavy atom. The van der Waals surface area contributed by atoms with Crippen molar-refractivity contribution < 1.29 is 9.53 Å². The van der Waals surface area contributed by atoms with Gasteiger partial charge in [0.05, 0.1) is 5.69 Å². The molecule has 3 heterocycles. The zero-order valence-corrected chi connectivity index (χ0v) is 12.5. The first-order valence-electron chi connectivity index (χ1n) is 7.41. The van der Waals surface area contributed by atoms with Crippen LogP contribution in [-0.2, 0) is 16.0 Å². The number of aromatic nitrogens is 1. The smallest absolute Gasteiger partial charge is 0.249 e. The van der Waals surface area contributed by atoms with Crippen LogP contribution in [0.2, 0.25) is 0 Å². The average molecular weight is 295 g/mol. The van der Waals surface area contributed by atoms with E-state index in [-0.39, 0.29) is 12.0 Å². The molecule has 2 aliphatic heterocycles. The van der Waals surface area contributed by atoms with Crippen LogP contribution in [0.1, 0.15) is 31.4 Å². The minimum atomic E-state index is -0.231. The Bertz CT molecular complexity index is 451. The van der Waals surface area contributed by atoms with Gasteiger partial charge in [-0.15, -0.1) is 11.3 Å². The highest BCUT2D eigenvalue weighted by Crippen LogP contribution is 2.24. The zero-order chi connectivity index (χ0) is 13.8. The molecule has 1 atom stereocenters. The molecule has 0 saturated carbocycles. The number of rotatable bonds is 5. The Kier molecular flexibility index (Phi) is 4.52. The number of nitrogens with one attached hydrogen (secondary N) is 1. The molecule has 2 saturated heterocycles. The summed E-state index contributed by atoms with van der Waals surface area (Å²) < 4.78 is 5.36. The first-order chi connectivity index (χ1) is 9.83. The van der Waals surface area contributed by atoms with Crippen molar-refractivity contribution in [3.05, 3.63) is 11.1 Å². The van der Waals surface area contributed by atoms with Crippen molar-refractivity contribution in [3.63, 3.8) is 0 Å². The molecule has 2 aliphatic rings. The molecule has 0 spiro atoms. The van der Waals surface area contributed by atoms with Crippen LogP contribution in [0.25, 0.3) is 0 Å². The van der Waals surface area contributed by atoms with Crippen molar-refractivity contribution in [2.24, 2.45) is 0 Å². The number of hydrogen-bond acceptors (Lipinski definition) is 5. The van der Waals surface area contributed by atoms with Gasteiger partial charge in [-0.2, -0.15) is 0 Å². The Labute approximate surface area is 123 Å². The van der Waals surface area contributed by atoms with Gasteiger partial charge in [-0.25, -0.2) is 4.98 Å². The molecule has 1 aromatic rings. The summed E-state index contributed by atoms with van der Waals surface area (Å²) >= 11 is 1.71. The van der Waals surface area contributed by atoms with E-state index in [4.69, 9.17) is 4.74 Å². The van der Waals surface area contributed by atoms with Crippen LogP contribution in [0, 0.1) is 0 Å². The van der Waals surface area contributed by atoms with Crippen LogP contribution in [-0.4, -0.2) is 43.2 Å². The molecular formula is C14H21N3O2S. The summed E-state index contributed by atoms with van der Waals surface area (Å²) in [5, 5.41) is 6.17. The number of nitrogens with zero attached hydrogens (tertiary/aromatic N) is 2. The lowest BCUT2D eigenvalue weighted by atomic mass is 10.2. The number of amides is 1. The molecule has 3 rings (SSSR count). The molecule has 0 bridgehead atoms. The van der Waals surface area contributed by atoms with E-state index in [1.54, 1.807) is 11.3 Å². The van der Waals surface area contributed by atoms with Crippen LogP contribution >= 0.6 is 11.3 Å². The van der Waals surface area contributed by atoms with Crippen molar-refractivity contribution in [2.75, 3.05) is 31.1 Å². The van der Waals surface area contributed by atoms with Gasteiger partial charge in [0.2, 0.25) is 5.91 Å². The number of ether oxygens (including phenoxy) is 1. The third kappa shape index (κ3) is 3.30. The Hall–Kier alpha value is -1.14. The highest BCUT2D eigenvalue weighted by Gasteiger charge is 2.23. The third-order valence-electron chi connectivity index (χ3n) is 3.82. The minimum absolute atomic E-state index is 0.0255. The van der Waals surface area contributed by atoms with Gasteiger partial charge in [-0.1, -0.05) is 0 Å². The summed E-state index contributed by atoms with van der Waals surface area (Å²) in [6, 6.07) is 0. The lowest BCUT2D eigenvalue weighted by molar-refractivity contribution is -0.129. The summed E-state index contributed by atoms with van der Waals surface area (Å²) in [6.07, 6.45) is 4.94. The molecule has 110 valence electrons. The number of anilines is 1. The van der Waals surface area contributed by atoms with Crippen LogP contribution < -0.4 is 10.2 Å². The predicted molar refractivity (Wildman–Crippen MR) is 79.2 cm³/mol. The largest absolute Gasteiger partial charge is 0.368 e. The van der Waals surface area contributed by atoms with Crippen LogP contribution in [0.15, 0.2) is 5.38 Å². The van der Waals surface area contributed by atoms with E-state index in [0.717, 1.165) is 43.2 Å². The molecule has 6 heteroatoms. The van der Waals surface area contributed by atoms with Crippen molar-refractivity contribution in [1.29, 1.82) is 0 Å². The van der Waals surface area contributed by atoms with Gasteiger partial charge in [-0.05, 0) is 25.7 Å². The second kappa shape index (κ2) is 6.54. The standard InChI is InChI=1S/C14H21N3O2S/c18-13(12-4-3-9-19-12)15-6-5-11-10-20-14(16-11)17-7-1-2-8-17/h10,12H,1-9H2,(H,15,18). The maximum absolute atomic E-state index is 11.8. The summed E-state index contributed by atoms with van der Waals surface area (Å²) in [7, 11) is 0. The molecule has 0 radical (unpaired) electrons. The third-order valence-corrected chi connectivity index (χ3v) is 4.77. The van der Waals surface area contributed by atoms with Gasteiger partial charge in [-0.3, -0.25) is 4.79 Å². The summed E-state index contributed by atoms with van der Waals surface area (Å²) in [4.78, 5) is 18.8. The monoisotopic (exact) mass is 295 g/mol. The lowest BCUT2D eigenvalue weighted by Gasteiger charge is -2.12. The molecule has 1 aromatic heterocycles. The van der Waals surface area contributed by atoms with Gasteiger partial charge in [0.1, 0.15) is 6.10 Å². The molecular weight excluding hydrogens is 274 g/mol. The lowest BCUT2D eigenvalue weighted by Crippen LogP contribution is -2.35. The highest BCUT2D eigenvalue weighted by atomic mass is 32.1. The van der Waals surface area contributed by atoms with E-state index >= 15 is 0 Å².